The summed E-state index contributed by atoms with van der Waals surface area (Å²) in [4.78, 5) is 13.1. The molecule has 11 heteroatoms. The summed E-state index contributed by atoms with van der Waals surface area (Å²) in [5.41, 5.74) is -1.64. The second-order valence-corrected chi connectivity index (χ2v) is 10.9. The molecule has 1 amide bonds. The smallest absolute Gasteiger partial charge is 0.419 e. The molecule has 7 nitrogen and oxygen atoms in total. The van der Waals surface area contributed by atoms with Crippen molar-refractivity contribution in [3.05, 3.63) is 64.7 Å². The van der Waals surface area contributed by atoms with Gasteiger partial charge in [0.2, 0.25) is 0 Å². The molecule has 1 saturated heterocycles. The lowest BCUT2D eigenvalue weighted by Gasteiger charge is -2.35. The van der Waals surface area contributed by atoms with Crippen LogP contribution in [-0.2, 0) is 22.9 Å². The highest BCUT2D eigenvalue weighted by molar-refractivity contribution is 7.14. The number of ether oxygens (including phenoxy) is 2. The van der Waals surface area contributed by atoms with Crippen LogP contribution in [0.1, 0.15) is 56.2 Å². The maximum Gasteiger partial charge on any atom is 0.419 e. The van der Waals surface area contributed by atoms with Crippen LogP contribution in [0.4, 0.5) is 18.0 Å². The maximum atomic E-state index is 13.9. The third kappa shape index (κ3) is 5.94. The van der Waals surface area contributed by atoms with E-state index in [4.69, 9.17) is 9.47 Å². The Hall–Kier alpha value is -3.18. The van der Waals surface area contributed by atoms with Gasteiger partial charge in [0.1, 0.15) is 27.0 Å². The van der Waals surface area contributed by atoms with Crippen molar-refractivity contribution in [1.29, 1.82) is 0 Å². The molecule has 38 heavy (non-hydrogen) atoms. The predicted octanol–water partition coefficient (Wildman–Crippen LogP) is 6.98. The fourth-order valence-electron chi connectivity index (χ4n) is 4.64. The lowest BCUT2D eigenvalue weighted by atomic mass is 10.0. The van der Waals surface area contributed by atoms with Crippen molar-refractivity contribution in [2.24, 2.45) is 0 Å². The first-order valence-electron chi connectivity index (χ1n) is 12.3. The number of alkyl halides is 3. The maximum absolute atomic E-state index is 13.9. The largest absolute Gasteiger partial charge is 0.493 e. The van der Waals surface area contributed by atoms with Crippen LogP contribution in [0.2, 0.25) is 0 Å². The van der Waals surface area contributed by atoms with Gasteiger partial charge in [0.05, 0.1) is 18.8 Å². The molecule has 0 aliphatic carbocycles. The summed E-state index contributed by atoms with van der Waals surface area (Å²) in [7, 11) is 0. The number of aromatic nitrogens is 2. The molecule has 1 fully saturated rings. The number of carboxylic acid groups (broad SMARTS) is 1. The van der Waals surface area contributed by atoms with Crippen LogP contribution in [0.3, 0.4) is 0 Å². The van der Waals surface area contributed by atoms with Crippen LogP contribution in [0.5, 0.6) is 5.75 Å². The van der Waals surface area contributed by atoms with Crippen molar-refractivity contribution in [2.45, 2.75) is 63.9 Å². The molecule has 0 saturated carbocycles. The molecule has 1 N–H and O–H groups in total. The molecule has 3 aromatic rings. The van der Waals surface area contributed by atoms with E-state index in [1.807, 2.05) is 18.2 Å². The highest BCUT2D eigenvalue weighted by atomic mass is 32.1. The van der Waals surface area contributed by atoms with Crippen LogP contribution in [0, 0.1) is 0 Å². The molecular formula is C27H30F3N3O4S. The fourth-order valence-corrected chi connectivity index (χ4v) is 5.60. The number of halogens is 3. The van der Waals surface area contributed by atoms with Gasteiger partial charge in [-0.3, -0.25) is 4.90 Å². The van der Waals surface area contributed by atoms with Crippen molar-refractivity contribution >= 4 is 17.4 Å². The number of carbonyl (C=O) groups is 1. The Labute approximate surface area is 223 Å². The van der Waals surface area contributed by atoms with Crippen molar-refractivity contribution in [3.8, 4) is 16.3 Å². The molecule has 2 aromatic carbocycles. The first-order valence-corrected chi connectivity index (χ1v) is 13.1. The summed E-state index contributed by atoms with van der Waals surface area (Å²) < 4.78 is 52.9. The van der Waals surface area contributed by atoms with Gasteiger partial charge >= 0.3 is 12.3 Å². The molecule has 0 bridgehead atoms. The zero-order valence-corrected chi connectivity index (χ0v) is 22.2. The lowest BCUT2D eigenvalue weighted by molar-refractivity contribution is -0.138. The van der Waals surface area contributed by atoms with E-state index in [1.165, 1.54) is 17.7 Å². The number of unbranched alkanes of at least 4 members (excludes halogenated alkanes) is 2. The SMILES string of the molecule is CC1(C)OCC(C)(c2nnc(-c3ccc(OCCCCCc4ccccc4)c(C(F)(F)F)c3)s2)N1C(=O)O. The number of nitrogens with zero attached hydrogens (tertiary/aromatic N) is 3. The summed E-state index contributed by atoms with van der Waals surface area (Å²) in [6.45, 7) is 5.15. The van der Waals surface area contributed by atoms with Gasteiger partial charge < -0.3 is 14.6 Å². The molecule has 2 heterocycles. The molecule has 0 spiro atoms. The molecule has 204 valence electrons. The minimum atomic E-state index is -4.62. The summed E-state index contributed by atoms with van der Waals surface area (Å²) in [5, 5.41) is 18.5. The Morgan fingerprint density at radius 1 is 1.11 bits per heavy atom. The number of hydrogen-bond donors (Lipinski definition) is 1. The van der Waals surface area contributed by atoms with Crippen LogP contribution < -0.4 is 4.74 Å². The van der Waals surface area contributed by atoms with Crippen molar-refractivity contribution in [2.75, 3.05) is 13.2 Å². The Morgan fingerprint density at radius 3 is 2.53 bits per heavy atom. The van der Waals surface area contributed by atoms with Gasteiger partial charge in [-0.15, -0.1) is 10.2 Å². The molecule has 1 aliphatic rings. The van der Waals surface area contributed by atoms with Crippen molar-refractivity contribution in [1.82, 2.24) is 15.1 Å². The van der Waals surface area contributed by atoms with E-state index in [9.17, 15) is 23.1 Å². The van der Waals surface area contributed by atoms with Crippen LogP contribution in [0.15, 0.2) is 48.5 Å². The zero-order valence-electron chi connectivity index (χ0n) is 21.4. The predicted molar refractivity (Wildman–Crippen MR) is 137 cm³/mol. The highest BCUT2D eigenvalue weighted by Crippen LogP contribution is 2.45. The number of hydrogen-bond acceptors (Lipinski definition) is 6. The average molecular weight is 550 g/mol. The lowest BCUT2D eigenvalue weighted by Crippen LogP contribution is -2.51. The Kier molecular flexibility index (Phi) is 7.98. The summed E-state index contributed by atoms with van der Waals surface area (Å²) in [6.07, 6.45) is -2.48. The summed E-state index contributed by atoms with van der Waals surface area (Å²) >= 11 is 1.04. The van der Waals surface area contributed by atoms with Gasteiger partial charge in [0.15, 0.2) is 0 Å². The van der Waals surface area contributed by atoms with Crippen LogP contribution >= 0.6 is 11.3 Å². The summed E-state index contributed by atoms with van der Waals surface area (Å²) in [6, 6.07) is 13.9. The Balaban J connectivity index is 1.45. The minimum Gasteiger partial charge on any atom is -0.493 e. The van der Waals surface area contributed by atoms with Gasteiger partial charge in [-0.1, -0.05) is 41.7 Å². The van der Waals surface area contributed by atoms with Gasteiger partial charge in [0, 0.05) is 5.56 Å². The first kappa shape index (κ1) is 27.8. The average Bonchev–Trinajstić information content (AvgIpc) is 3.45. The second-order valence-electron chi connectivity index (χ2n) is 9.89. The first-order chi connectivity index (χ1) is 17.9. The normalized spacial score (nSPS) is 19.1. The monoisotopic (exact) mass is 549 g/mol. The fraction of sp³-hybridized carbons (Fsp3) is 0.444. The highest BCUT2D eigenvalue weighted by Gasteiger charge is 2.54. The van der Waals surface area contributed by atoms with E-state index in [0.717, 1.165) is 41.6 Å². The third-order valence-corrected chi connectivity index (χ3v) is 7.78. The molecule has 1 atom stereocenters. The molecule has 1 aromatic heterocycles. The van der Waals surface area contributed by atoms with Crippen molar-refractivity contribution < 1.29 is 32.5 Å². The van der Waals surface area contributed by atoms with Gasteiger partial charge in [0.25, 0.3) is 0 Å². The molecule has 1 aliphatic heterocycles. The van der Waals surface area contributed by atoms with Gasteiger partial charge in [-0.25, -0.2) is 4.79 Å². The van der Waals surface area contributed by atoms with E-state index >= 15 is 0 Å². The van der Waals surface area contributed by atoms with Gasteiger partial charge in [-0.05, 0) is 70.2 Å². The van der Waals surface area contributed by atoms with Crippen LogP contribution in [-0.4, -0.2) is 45.2 Å². The van der Waals surface area contributed by atoms with E-state index in [1.54, 1.807) is 20.8 Å². The number of aryl methyl sites for hydroxylation is 1. The van der Waals surface area contributed by atoms with E-state index in [-0.39, 0.29) is 29.5 Å². The van der Waals surface area contributed by atoms with Crippen molar-refractivity contribution in [3.63, 3.8) is 0 Å². The second kappa shape index (κ2) is 10.9. The van der Waals surface area contributed by atoms with E-state index < -0.39 is 29.1 Å². The topological polar surface area (TPSA) is 84.8 Å². The Bertz CT molecular complexity index is 1270. The third-order valence-electron chi connectivity index (χ3n) is 6.56. The quantitative estimate of drug-likeness (QED) is 0.290. The zero-order chi connectivity index (χ0) is 27.6. The minimum absolute atomic E-state index is 0.0485. The molecule has 1 unspecified atom stereocenters. The summed E-state index contributed by atoms with van der Waals surface area (Å²) in [5.74, 6) is -0.232. The number of rotatable bonds is 9. The van der Waals surface area contributed by atoms with E-state index in [0.29, 0.717) is 11.4 Å². The molecule has 4 rings (SSSR count). The molecular weight excluding hydrogens is 519 g/mol. The van der Waals surface area contributed by atoms with E-state index in [2.05, 4.69) is 22.3 Å². The van der Waals surface area contributed by atoms with Crippen LogP contribution in [0.25, 0.3) is 10.6 Å². The number of benzene rings is 2. The van der Waals surface area contributed by atoms with Gasteiger partial charge in [-0.2, -0.15) is 13.2 Å². The Morgan fingerprint density at radius 2 is 1.84 bits per heavy atom. The molecule has 0 radical (unpaired) electrons. The standard InChI is InChI=1S/C27H30F3N3O4S/c1-25(2)33(24(34)35)26(3,17-37-25)23-32-31-22(38-23)19-13-14-21(20(16-19)27(28,29)30)36-15-9-5-8-12-18-10-6-4-7-11-18/h4,6-7,10-11,13-14,16H,5,8-9,12,15,17H2,1-3H3,(H,34,35). The number of amides is 1.